The van der Waals surface area contributed by atoms with Crippen LogP contribution >= 0.6 is 0 Å². The van der Waals surface area contributed by atoms with Crippen molar-refractivity contribution in [1.29, 1.82) is 0 Å². The van der Waals surface area contributed by atoms with E-state index in [1.807, 2.05) is 49.1 Å². The van der Waals surface area contributed by atoms with Gasteiger partial charge in [0, 0.05) is 59.5 Å². The predicted octanol–water partition coefficient (Wildman–Crippen LogP) is 1.39. The fourth-order valence-electron chi connectivity index (χ4n) is 3.85. The van der Waals surface area contributed by atoms with Crippen molar-refractivity contribution in [3.05, 3.63) is 46.9 Å². The molecule has 0 saturated carbocycles. The Balaban J connectivity index is 1.89. The first-order valence-electron chi connectivity index (χ1n) is 11.2. The van der Waals surface area contributed by atoms with E-state index in [0.717, 1.165) is 6.42 Å². The molecule has 0 bridgehead atoms. The van der Waals surface area contributed by atoms with E-state index in [9.17, 15) is 13.2 Å². The van der Waals surface area contributed by atoms with Crippen molar-refractivity contribution in [2.45, 2.75) is 26.3 Å². The minimum absolute atomic E-state index is 0.244. The summed E-state index contributed by atoms with van der Waals surface area (Å²) >= 11 is 0. The molecule has 1 aliphatic rings. The van der Waals surface area contributed by atoms with Crippen LogP contribution in [-0.2, 0) is 14.9 Å². The molecule has 182 valence electrons. The number of benzene rings is 1. The molecule has 2 aromatic rings. The molecule has 1 atom stereocenters. The van der Waals surface area contributed by atoms with Gasteiger partial charge in [-0.3, -0.25) is 4.79 Å². The summed E-state index contributed by atoms with van der Waals surface area (Å²) in [5, 5.41) is 7.71. The van der Waals surface area contributed by atoms with Gasteiger partial charge in [-0.15, -0.1) is 0 Å². The van der Waals surface area contributed by atoms with Gasteiger partial charge in [0.1, 0.15) is 5.69 Å². The number of piperazine rings is 1. The highest BCUT2D eigenvalue weighted by Gasteiger charge is 2.35. The molecular weight excluding hydrogens is 444 g/mol. The SMILES string of the molecule is CCOCCCNc1c(N2CCN(S(=O)(=O)N(C)C)[C@@H](C)C2)cnn(-c2ccccc2)c1=O. The Morgan fingerprint density at radius 3 is 2.58 bits per heavy atom. The molecule has 1 aromatic heterocycles. The zero-order valence-electron chi connectivity index (χ0n) is 19.8. The molecular formula is C22H34N6O4S. The summed E-state index contributed by atoms with van der Waals surface area (Å²) in [6.07, 6.45) is 2.44. The van der Waals surface area contributed by atoms with Crippen molar-refractivity contribution in [2.75, 3.05) is 63.7 Å². The second-order valence-corrected chi connectivity index (χ2v) is 10.2. The number of hydrogen-bond donors (Lipinski definition) is 1. The molecule has 1 N–H and O–H groups in total. The molecule has 1 saturated heterocycles. The Morgan fingerprint density at radius 1 is 1.21 bits per heavy atom. The Labute approximate surface area is 195 Å². The van der Waals surface area contributed by atoms with Crippen LogP contribution in [0.4, 0.5) is 11.4 Å². The number of para-hydroxylation sites is 1. The van der Waals surface area contributed by atoms with Gasteiger partial charge in [-0.05, 0) is 32.4 Å². The van der Waals surface area contributed by atoms with E-state index in [4.69, 9.17) is 4.74 Å². The van der Waals surface area contributed by atoms with Crippen LogP contribution in [0.2, 0.25) is 0 Å². The summed E-state index contributed by atoms with van der Waals surface area (Å²) in [4.78, 5) is 15.4. The van der Waals surface area contributed by atoms with Gasteiger partial charge in [0.25, 0.3) is 15.8 Å². The van der Waals surface area contributed by atoms with Crippen molar-refractivity contribution < 1.29 is 13.2 Å². The molecule has 0 radical (unpaired) electrons. The lowest BCUT2D eigenvalue weighted by Gasteiger charge is -2.41. The van der Waals surface area contributed by atoms with Gasteiger partial charge in [0.05, 0.1) is 17.6 Å². The smallest absolute Gasteiger partial charge is 0.296 e. The van der Waals surface area contributed by atoms with Gasteiger partial charge < -0.3 is 15.0 Å². The summed E-state index contributed by atoms with van der Waals surface area (Å²) in [5.41, 5.74) is 1.58. The highest BCUT2D eigenvalue weighted by Crippen LogP contribution is 2.26. The summed E-state index contributed by atoms with van der Waals surface area (Å²) in [6.45, 7) is 6.90. The predicted molar refractivity (Wildman–Crippen MR) is 130 cm³/mol. The molecule has 10 nitrogen and oxygen atoms in total. The van der Waals surface area contributed by atoms with E-state index in [1.165, 1.54) is 27.4 Å². The van der Waals surface area contributed by atoms with Crippen molar-refractivity contribution >= 4 is 21.6 Å². The van der Waals surface area contributed by atoms with E-state index in [2.05, 4.69) is 10.4 Å². The maximum absolute atomic E-state index is 13.4. The molecule has 11 heteroatoms. The molecule has 3 rings (SSSR count). The average Bonchev–Trinajstić information content (AvgIpc) is 2.80. The molecule has 1 aliphatic heterocycles. The van der Waals surface area contributed by atoms with Crippen LogP contribution < -0.4 is 15.8 Å². The number of ether oxygens (including phenoxy) is 1. The van der Waals surface area contributed by atoms with Crippen molar-refractivity contribution in [2.24, 2.45) is 0 Å². The lowest BCUT2D eigenvalue weighted by atomic mass is 10.2. The number of nitrogens with zero attached hydrogens (tertiary/aromatic N) is 5. The van der Waals surface area contributed by atoms with Gasteiger partial charge in [0.2, 0.25) is 0 Å². The Morgan fingerprint density at radius 2 is 1.94 bits per heavy atom. The van der Waals surface area contributed by atoms with Gasteiger partial charge in [-0.25, -0.2) is 0 Å². The maximum atomic E-state index is 13.4. The third-order valence-electron chi connectivity index (χ3n) is 5.59. The number of aromatic nitrogens is 2. The van der Waals surface area contributed by atoms with Crippen LogP contribution in [0.15, 0.2) is 41.3 Å². The first-order chi connectivity index (χ1) is 15.8. The molecule has 33 heavy (non-hydrogen) atoms. The summed E-state index contributed by atoms with van der Waals surface area (Å²) < 4.78 is 34.8. The van der Waals surface area contributed by atoms with Gasteiger partial charge in [0.15, 0.2) is 0 Å². The first kappa shape index (κ1) is 25.2. The number of hydrogen-bond acceptors (Lipinski definition) is 7. The second kappa shape index (κ2) is 11.1. The molecule has 0 amide bonds. The first-order valence-corrected chi connectivity index (χ1v) is 12.6. The zero-order chi connectivity index (χ0) is 24.0. The number of rotatable bonds is 10. The highest BCUT2D eigenvalue weighted by molar-refractivity contribution is 7.86. The van der Waals surface area contributed by atoms with Crippen molar-refractivity contribution in [1.82, 2.24) is 18.4 Å². The van der Waals surface area contributed by atoms with Crippen molar-refractivity contribution in [3.8, 4) is 5.69 Å². The minimum atomic E-state index is -3.51. The zero-order valence-corrected chi connectivity index (χ0v) is 20.6. The van der Waals surface area contributed by atoms with Gasteiger partial charge in [-0.1, -0.05) is 18.2 Å². The fraction of sp³-hybridized carbons (Fsp3) is 0.545. The largest absolute Gasteiger partial charge is 0.382 e. The van der Waals surface area contributed by atoms with E-state index >= 15 is 0 Å². The van der Waals surface area contributed by atoms with E-state index < -0.39 is 10.2 Å². The Hall–Kier alpha value is -2.47. The quantitative estimate of drug-likeness (QED) is 0.515. The lowest BCUT2D eigenvalue weighted by molar-refractivity contribution is 0.147. The minimum Gasteiger partial charge on any atom is -0.382 e. The van der Waals surface area contributed by atoms with Crippen LogP contribution in [0.25, 0.3) is 5.69 Å². The summed E-state index contributed by atoms with van der Waals surface area (Å²) in [7, 11) is -0.443. The maximum Gasteiger partial charge on any atom is 0.296 e. The summed E-state index contributed by atoms with van der Waals surface area (Å²) in [5.74, 6) is 0. The second-order valence-electron chi connectivity index (χ2n) is 8.13. The molecule has 0 aliphatic carbocycles. The molecule has 0 spiro atoms. The van der Waals surface area contributed by atoms with Crippen LogP contribution in [0.3, 0.4) is 0 Å². The molecule has 1 aromatic carbocycles. The third-order valence-corrected chi connectivity index (χ3v) is 7.65. The molecule has 2 heterocycles. The van der Waals surface area contributed by atoms with E-state index in [-0.39, 0.29) is 11.6 Å². The average molecular weight is 479 g/mol. The highest BCUT2D eigenvalue weighted by atomic mass is 32.2. The van der Waals surface area contributed by atoms with Crippen LogP contribution in [0.5, 0.6) is 0 Å². The van der Waals surface area contributed by atoms with Crippen LogP contribution in [0, 0.1) is 0 Å². The molecule has 1 fully saturated rings. The van der Waals surface area contributed by atoms with E-state index in [0.29, 0.717) is 56.5 Å². The number of nitrogens with one attached hydrogen (secondary N) is 1. The normalized spacial score (nSPS) is 17.5. The van der Waals surface area contributed by atoms with Gasteiger partial charge in [-0.2, -0.15) is 26.8 Å². The Bertz CT molecular complexity index is 1070. The van der Waals surface area contributed by atoms with Gasteiger partial charge >= 0.3 is 0 Å². The topological polar surface area (TPSA) is 100 Å². The third kappa shape index (κ3) is 5.72. The van der Waals surface area contributed by atoms with Crippen molar-refractivity contribution in [3.63, 3.8) is 0 Å². The van der Waals surface area contributed by atoms with Crippen LogP contribution in [0.1, 0.15) is 20.3 Å². The van der Waals surface area contributed by atoms with Crippen LogP contribution in [-0.4, -0.2) is 86.3 Å². The fourth-order valence-corrected chi connectivity index (χ4v) is 5.10. The molecule has 0 unspecified atom stereocenters. The number of anilines is 2. The monoisotopic (exact) mass is 478 g/mol. The van der Waals surface area contributed by atoms with E-state index in [1.54, 1.807) is 6.20 Å². The summed E-state index contributed by atoms with van der Waals surface area (Å²) in [6, 6.07) is 9.02. The Kier molecular flexibility index (Phi) is 8.46. The standard InChI is InChI=1S/C22H34N6O4S/c1-5-32-15-9-12-23-21-20(16-24-28(22(21)29)19-10-7-6-8-11-19)26-13-14-27(18(2)17-26)33(30,31)25(3)4/h6-8,10-11,16,18,23H,5,9,12-15,17H2,1-4H3/t18-/m0/s1. The lowest BCUT2D eigenvalue weighted by Crippen LogP contribution is -2.56.